The van der Waals surface area contributed by atoms with E-state index in [9.17, 15) is 0 Å². The van der Waals surface area contributed by atoms with E-state index in [1.54, 1.807) is 0 Å². The molecule has 3 heteroatoms. The highest BCUT2D eigenvalue weighted by Crippen LogP contribution is 2.21. The van der Waals surface area contributed by atoms with Gasteiger partial charge in [0, 0.05) is 11.0 Å². The maximum Gasteiger partial charge on any atom is 0.0953 e. The zero-order valence-corrected chi connectivity index (χ0v) is 14.2. The molecule has 2 aromatic carbocycles. The van der Waals surface area contributed by atoms with Crippen LogP contribution in [0, 0.1) is 6.92 Å². The molecule has 0 aliphatic carbocycles. The first-order valence-electron chi connectivity index (χ1n) is 7.32. The SMILES string of the molecule is CCNCC(OCc1cccc(Br)c1)c1cccc(C)c1. The molecule has 0 bridgehead atoms. The minimum atomic E-state index is 0.0730. The van der Waals surface area contributed by atoms with Crippen molar-refractivity contribution < 1.29 is 4.74 Å². The van der Waals surface area contributed by atoms with Gasteiger partial charge in [0.25, 0.3) is 0 Å². The Labute approximate surface area is 135 Å². The highest BCUT2D eigenvalue weighted by atomic mass is 79.9. The fourth-order valence-corrected chi connectivity index (χ4v) is 2.69. The summed E-state index contributed by atoms with van der Waals surface area (Å²) in [4.78, 5) is 0. The van der Waals surface area contributed by atoms with E-state index in [4.69, 9.17) is 4.74 Å². The number of nitrogens with one attached hydrogen (secondary N) is 1. The Morgan fingerprint density at radius 1 is 1.14 bits per heavy atom. The molecule has 0 saturated heterocycles. The van der Waals surface area contributed by atoms with Crippen LogP contribution in [0.25, 0.3) is 0 Å². The highest BCUT2D eigenvalue weighted by molar-refractivity contribution is 9.10. The molecule has 0 amide bonds. The number of benzene rings is 2. The minimum Gasteiger partial charge on any atom is -0.368 e. The lowest BCUT2D eigenvalue weighted by Gasteiger charge is -2.19. The van der Waals surface area contributed by atoms with Crippen molar-refractivity contribution in [2.45, 2.75) is 26.6 Å². The van der Waals surface area contributed by atoms with Gasteiger partial charge in [-0.2, -0.15) is 0 Å². The fraction of sp³-hybridized carbons (Fsp3) is 0.333. The van der Waals surface area contributed by atoms with Crippen LogP contribution in [-0.4, -0.2) is 13.1 Å². The lowest BCUT2D eigenvalue weighted by atomic mass is 10.1. The molecule has 2 nitrogen and oxygen atoms in total. The van der Waals surface area contributed by atoms with Gasteiger partial charge in [0.15, 0.2) is 0 Å². The summed E-state index contributed by atoms with van der Waals surface area (Å²) in [5.41, 5.74) is 3.67. The Morgan fingerprint density at radius 2 is 1.95 bits per heavy atom. The van der Waals surface area contributed by atoms with Crippen LogP contribution < -0.4 is 5.32 Å². The van der Waals surface area contributed by atoms with Crippen molar-refractivity contribution in [1.29, 1.82) is 0 Å². The second-order valence-corrected chi connectivity index (χ2v) is 6.07. The first-order valence-corrected chi connectivity index (χ1v) is 8.11. The lowest BCUT2D eigenvalue weighted by Crippen LogP contribution is -2.23. The summed E-state index contributed by atoms with van der Waals surface area (Å²) >= 11 is 3.50. The molecule has 0 aliphatic rings. The summed E-state index contributed by atoms with van der Waals surface area (Å²) in [7, 11) is 0. The van der Waals surface area contributed by atoms with Crippen molar-refractivity contribution in [2.24, 2.45) is 0 Å². The van der Waals surface area contributed by atoms with Crippen molar-refractivity contribution in [2.75, 3.05) is 13.1 Å². The Balaban J connectivity index is 2.06. The molecule has 0 fully saturated rings. The fourth-order valence-electron chi connectivity index (χ4n) is 2.24. The molecule has 1 atom stereocenters. The summed E-state index contributed by atoms with van der Waals surface area (Å²) in [5, 5.41) is 3.38. The summed E-state index contributed by atoms with van der Waals surface area (Å²) in [5.74, 6) is 0. The van der Waals surface area contributed by atoms with Crippen LogP contribution in [0.3, 0.4) is 0 Å². The predicted molar refractivity (Wildman–Crippen MR) is 91.4 cm³/mol. The number of aryl methyl sites for hydroxylation is 1. The molecule has 0 spiro atoms. The average molecular weight is 348 g/mol. The van der Waals surface area contributed by atoms with Gasteiger partial charge in [-0.05, 0) is 36.7 Å². The highest BCUT2D eigenvalue weighted by Gasteiger charge is 2.12. The summed E-state index contributed by atoms with van der Waals surface area (Å²) in [6, 6.07) is 16.8. The average Bonchev–Trinajstić information content (AvgIpc) is 2.47. The van der Waals surface area contributed by atoms with Crippen LogP contribution in [0.15, 0.2) is 53.0 Å². The van der Waals surface area contributed by atoms with Gasteiger partial charge >= 0.3 is 0 Å². The first-order chi connectivity index (χ1) is 10.2. The molecule has 2 rings (SSSR count). The quantitative estimate of drug-likeness (QED) is 0.788. The Bertz CT molecular complexity index is 571. The van der Waals surface area contributed by atoms with Gasteiger partial charge < -0.3 is 10.1 Å². The van der Waals surface area contributed by atoms with Crippen LogP contribution in [0.1, 0.15) is 29.7 Å². The first kappa shape index (κ1) is 16.2. The number of halogens is 1. The Morgan fingerprint density at radius 3 is 2.67 bits per heavy atom. The minimum absolute atomic E-state index is 0.0730. The van der Waals surface area contributed by atoms with Gasteiger partial charge in [-0.1, -0.05) is 64.8 Å². The molecule has 0 radical (unpaired) electrons. The van der Waals surface area contributed by atoms with E-state index in [0.717, 1.165) is 17.6 Å². The van der Waals surface area contributed by atoms with Gasteiger partial charge in [-0.3, -0.25) is 0 Å². The standard InChI is InChI=1S/C18H22BrNO/c1-3-20-12-18(16-8-4-6-14(2)10-16)21-13-15-7-5-9-17(19)11-15/h4-11,18,20H,3,12-13H2,1-2H3. The van der Waals surface area contributed by atoms with Gasteiger partial charge in [0.2, 0.25) is 0 Å². The zero-order chi connectivity index (χ0) is 15.1. The van der Waals surface area contributed by atoms with E-state index in [1.165, 1.54) is 16.7 Å². The normalized spacial score (nSPS) is 12.3. The molecule has 2 aromatic rings. The molecule has 0 aliphatic heterocycles. The summed E-state index contributed by atoms with van der Waals surface area (Å²) in [6.45, 7) is 6.61. The van der Waals surface area contributed by atoms with Crippen molar-refractivity contribution >= 4 is 15.9 Å². The molecule has 0 saturated carbocycles. The van der Waals surface area contributed by atoms with Gasteiger partial charge in [-0.25, -0.2) is 0 Å². The molecule has 1 unspecified atom stereocenters. The monoisotopic (exact) mass is 347 g/mol. The number of ether oxygens (including phenoxy) is 1. The van der Waals surface area contributed by atoms with Crippen molar-refractivity contribution in [3.05, 3.63) is 69.7 Å². The molecular formula is C18H22BrNO. The maximum absolute atomic E-state index is 6.14. The predicted octanol–water partition coefficient (Wildman–Crippen LogP) is 4.62. The topological polar surface area (TPSA) is 21.3 Å². The third-order valence-corrected chi connectivity index (χ3v) is 3.83. The van der Waals surface area contributed by atoms with Crippen LogP contribution in [0.2, 0.25) is 0 Å². The third-order valence-electron chi connectivity index (χ3n) is 3.33. The van der Waals surface area contributed by atoms with Gasteiger partial charge in [0.05, 0.1) is 12.7 Å². The maximum atomic E-state index is 6.14. The zero-order valence-electron chi connectivity index (χ0n) is 12.6. The van der Waals surface area contributed by atoms with Crippen LogP contribution in [0.4, 0.5) is 0 Å². The third kappa shape index (κ3) is 5.27. The largest absolute Gasteiger partial charge is 0.368 e. The lowest BCUT2D eigenvalue weighted by molar-refractivity contribution is 0.0401. The van der Waals surface area contributed by atoms with E-state index in [-0.39, 0.29) is 6.10 Å². The Hall–Kier alpha value is -1.16. The number of likely N-dealkylation sites (N-methyl/N-ethyl adjacent to an activating group) is 1. The molecule has 21 heavy (non-hydrogen) atoms. The summed E-state index contributed by atoms with van der Waals surface area (Å²) < 4.78 is 7.23. The van der Waals surface area contributed by atoms with Crippen LogP contribution in [-0.2, 0) is 11.3 Å². The second kappa shape index (κ2) is 8.32. The molecular weight excluding hydrogens is 326 g/mol. The molecule has 0 heterocycles. The number of hydrogen-bond acceptors (Lipinski definition) is 2. The van der Waals surface area contributed by atoms with E-state index in [1.807, 2.05) is 12.1 Å². The van der Waals surface area contributed by atoms with Crippen LogP contribution >= 0.6 is 15.9 Å². The van der Waals surface area contributed by atoms with Crippen molar-refractivity contribution in [1.82, 2.24) is 5.32 Å². The van der Waals surface area contributed by atoms with E-state index in [2.05, 4.69) is 71.5 Å². The smallest absolute Gasteiger partial charge is 0.0953 e. The molecule has 0 aromatic heterocycles. The molecule has 112 valence electrons. The summed E-state index contributed by atoms with van der Waals surface area (Å²) in [6.07, 6.45) is 0.0730. The number of hydrogen-bond donors (Lipinski definition) is 1. The molecule has 1 N–H and O–H groups in total. The van der Waals surface area contributed by atoms with Gasteiger partial charge in [-0.15, -0.1) is 0 Å². The van der Waals surface area contributed by atoms with Gasteiger partial charge in [0.1, 0.15) is 0 Å². The van der Waals surface area contributed by atoms with E-state index in [0.29, 0.717) is 6.61 Å². The second-order valence-electron chi connectivity index (χ2n) is 5.15. The Kier molecular flexibility index (Phi) is 6.43. The number of rotatable bonds is 7. The van der Waals surface area contributed by atoms with Crippen LogP contribution in [0.5, 0.6) is 0 Å². The van der Waals surface area contributed by atoms with Crippen molar-refractivity contribution in [3.8, 4) is 0 Å². The van der Waals surface area contributed by atoms with E-state index < -0.39 is 0 Å². The van der Waals surface area contributed by atoms with Crippen molar-refractivity contribution in [3.63, 3.8) is 0 Å². The van der Waals surface area contributed by atoms with E-state index >= 15 is 0 Å².